The van der Waals surface area contributed by atoms with Crippen molar-refractivity contribution >= 4 is 23.7 Å². The Morgan fingerprint density at radius 1 is 1.32 bits per heavy atom. The quantitative estimate of drug-likeness (QED) is 0.768. The van der Waals surface area contributed by atoms with Crippen LogP contribution in [0.2, 0.25) is 0 Å². The molecule has 0 saturated carbocycles. The first kappa shape index (κ1) is 18.7. The summed E-state index contributed by atoms with van der Waals surface area (Å²) < 4.78 is 39.6. The fourth-order valence-electron chi connectivity index (χ4n) is 1.85. The fourth-order valence-corrected chi connectivity index (χ4v) is 2.70. The third-order valence-electron chi connectivity index (χ3n) is 2.89. The van der Waals surface area contributed by atoms with Gasteiger partial charge in [0.05, 0.1) is 5.25 Å². The van der Waals surface area contributed by atoms with Crippen molar-refractivity contribution < 1.29 is 22.8 Å². The standard InChI is InChI=1S/C13H13F3N6O2S/c1-7(10(23)19-11(17)24)25-12-21-20-9(8-2-4-18-5-3-8)22(12)6-13(14,15)16/h2-5,7H,6H2,1H3,(H3,17,19,23,24)/t7-/m0/s1. The number of nitrogens with one attached hydrogen (secondary N) is 1. The molecule has 0 radical (unpaired) electrons. The van der Waals surface area contributed by atoms with E-state index in [2.05, 4.69) is 15.2 Å². The molecule has 2 rings (SSSR count). The predicted octanol–water partition coefficient (Wildman–Crippen LogP) is 1.58. The van der Waals surface area contributed by atoms with Crippen molar-refractivity contribution in [2.45, 2.75) is 30.1 Å². The molecule has 3 N–H and O–H groups in total. The Kier molecular flexibility index (Phi) is 5.62. The molecule has 1 atom stereocenters. The molecule has 25 heavy (non-hydrogen) atoms. The Labute approximate surface area is 144 Å². The molecule has 134 valence electrons. The van der Waals surface area contributed by atoms with E-state index in [1.807, 2.05) is 5.32 Å². The van der Waals surface area contributed by atoms with E-state index in [1.165, 1.54) is 31.5 Å². The third kappa shape index (κ3) is 5.17. The van der Waals surface area contributed by atoms with Crippen molar-refractivity contribution in [1.29, 1.82) is 0 Å². The number of halogens is 3. The maximum absolute atomic E-state index is 12.9. The monoisotopic (exact) mass is 374 g/mol. The molecule has 12 heteroatoms. The Balaban J connectivity index is 2.33. The lowest BCUT2D eigenvalue weighted by Gasteiger charge is -2.14. The van der Waals surface area contributed by atoms with Gasteiger partial charge in [0.25, 0.3) is 0 Å². The number of nitrogens with two attached hydrogens (primary N) is 1. The van der Waals surface area contributed by atoms with Crippen LogP contribution in [0, 0.1) is 0 Å². The van der Waals surface area contributed by atoms with Gasteiger partial charge in [-0.2, -0.15) is 13.2 Å². The molecule has 0 bridgehead atoms. The third-order valence-corrected chi connectivity index (χ3v) is 3.97. The first-order valence-electron chi connectivity index (χ1n) is 6.84. The zero-order valence-electron chi connectivity index (χ0n) is 12.8. The smallest absolute Gasteiger partial charge is 0.351 e. The van der Waals surface area contributed by atoms with Gasteiger partial charge < -0.3 is 5.73 Å². The molecule has 0 aliphatic rings. The van der Waals surface area contributed by atoms with E-state index in [9.17, 15) is 22.8 Å². The minimum absolute atomic E-state index is 0.00951. The van der Waals surface area contributed by atoms with Crippen LogP contribution in [0.1, 0.15) is 6.92 Å². The maximum atomic E-state index is 12.9. The summed E-state index contributed by atoms with van der Waals surface area (Å²) in [5.74, 6) is -0.755. The number of hydrogen-bond donors (Lipinski definition) is 2. The Hall–Kier alpha value is -2.63. The topological polar surface area (TPSA) is 116 Å². The van der Waals surface area contributed by atoms with Crippen LogP contribution in [0.5, 0.6) is 0 Å². The number of primary amides is 1. The van der Waals surface area contributed by atoms with Crippen molar-refractivity contribution in [2.75, 3.05) is 0 Å². The maximum Gasteiger partial charge on any atom is 0.406 e. The second-order valence-corrected chi connectivity index (χ2v) is 6.16. The lowest BCUT2D eigenvalue weighted by molar-refractivity contribution is -0.141. The van der Waals surface area contributed by atoms with E-state index in [0.29, 0.717) is 5.56 Å². The van der Waals surface area contributed by atoms with Gasteiger partial charge in [-0.05, 0) is 19.1 Å². The molecule has 0 spiro atoms. The summed E-state index contributed by atoms with van der Waals surface area (Å²) >= 11 is 0.730. The highest BCUT2D eigenvalue weighted by Gasteiger charge is 2.32. The van der Waals surface area contributed by atoms with Crippen LogP contribution in [0.4, 0.5) is 18.0 Å². The van der Waals surface area contributed by atoms with Gasteiger partial charge in [-0.15, -0.1) is 10.2 Å². The van der Waals surface area contributed by atoms with E-state index in [0.717, 1.165) is 16.3 Å². The molecule has 2 aromatic heterocycles. The lowest BCUT2D eigenvalue weighted by atomic mass is 10.2. The first-order valence-corrected chi connectivity index (χ1v) is 7.72. The lowest BCUT2D eigenvalue weighted by Crippen LogP contribution is -2.39. The minimum atomic E-state index is -4.52. The highest BCUT2D eigenvalue weighted by molar-refractivity contribution is 8.00. The number of pyridine rings is 1. The summed E-state index contributed by atoms with van der Waals surface area (Å²) in [6.07, 6.45) is -1.69. The number of amides is 3. The van der Waals surface area contributed by atoms with Crippen LogP contribution in [0.3, 0.4) is 0 Å². The largest absolute Gasteiger partial charge is 0.406 e. The van der Waals surface area contributed by atoms with Crippen LogP contribution < -0.4 is 11.1 Å². The van der Waals surface area contributed by atoms with Gasteiger partial charge in [0.1, 0.15) is 6.54 Å². The molecular weight excluding hydrogens is 361 g/mol. The number of alkyl halides is 3. The van der Waals surface area contributed by atoms with Crippen LogP contribution in [-0.4, -0.2) is 43.1 Å². The van der Waals surface area contributed by atoms with Gasteiger partial charge in [-0.3, -0.25) is 19.7 Å². The number of hydrogen-bond acceptors (Lipinski definition) is 6. The summed E-state index contributed by atoms with van der Waals surface area (Å²) in [7, 11) is 0. The van der Waals surface area contributed by atoms with Gasteiger partial charge in [0, 0.05) is 18.0 Å². The van der Waals surface area contributed by atoms with Crippen molar-refractivity contribution in [2.24, 2.45) is 5.73 Å². The number of aromatic nitrogens is 4. The average molecular weight is 374 g/mol. The van der Waals surface area contributed by atoms with E-state index in [4.69, 9.17) is 5.73 Å². The summed E-state index contributed by atoms with van der Waals surface area (Å²) in [6, 6.07) is 1.94. The van der Waals surface area contributed by atoms with Gasteiger partial charge in [-0.25, -0.2) is 4.79 Å². The summed E-state index contributed by atoms with van der Waals surface area (Å²) in [5.41, 5.74) is 5.25. The second-order valence-electron chi connectivity index (χ2n) is 4.86. The molecule has 3 amide bonds. The molecule has 0 aliphatic heterocycles. The molecular formula is C13H13F3N6O2S. The van der Waals surface area contributed by atoms with Gasteiger partial charge in [0.2, 0.25) is 5.91 Å². The van der Waals surface area contributed by atoms with Crippen LogP contribution in [-0.2, 0) is 11.3 Å². The number of thioether (sulfide) groups is 1. The fraction of sp³-hybridized carbons (Fsp3) is 0.308. The van der Waals surface area contributed by atoms with Crippen molar-refractivity contribution in [3.05, 3.63) is 24.5 Å². The van der Waals surface area contributed by atoms with E-state index < -0.39 is 29.9 Å². The predicted molar refractivity (Wildman–Crippen MR) is 82.4 cm³/mol. The second kappa shape index (κ2) is 7.51. The number of carbonyl (C=O) groups is 2. The Morgan fingerprint density at radius 2 is 1.96 bits per heavy atom. The number of urea groups is 1. The van der Waals surface area contributed by atoms with Gasteiger partial charge in [0.15, 0.2) is 11.0 Å². The number of nitrogens with zero attached hydrogens (tertiary/aromatic N) is 4. The van der Waals surface area contributed by atoms with Gasteiger partial charge in [-0.1, -0.05) is 11.8 Å². The molecule has 0 saturated heterocycles. The average Bonchev–Trinajstić information content (AvgIpc) is 2.88. The van der Waals surface area contributed by atoms with E-state index in [-0.39, 0.29) is 11.0 Å². The summed E-state index contributed by atoms with van der Waals surface area (Å²) in [5, 5.41) is 8.36. The van der Waals surface area contributed by atoms with Crippen LogP contribution in [0.15, 0.2) is 29.7 Å². The zero-order valence-corrected chi connectivity index (χ0v) is 13.6. The zero-order chi connectivity index (χ0) is 18.6. The number of carbonyl (C=O) groups excluding carboxylic acids is 2. The molecule has 0 unspecified atom stereocenters. The summed E-state index contributed by atoms with van der Waals surface area (Å²) in [4.78, 5) is 26.2. The highest BCUT2D eigenvalue weighted by Crippen LogP contribution is 2.30. The number of imide groups is 1. The van der Waals surface area contributed by atoms with Crippen LogP contribution >= 0.6 is 11.8 Å². The molecule has 8 nitrogen and oxygen atoms in total. The molecule has 2 heterocycles. The summed E-state index contributed by atoms with van der Waals surface area (Å²) in [6.45, 7) is 0.0752. The molecule has 2 aromatic rings. The van der Waals surface area contributed by atoms with Gasteiger partial charge >= 0.3 is 12.2 Å². The highest BCUT2D eigenvalue weighted by atomic mass is 32.2. The van der Waals surface area contributed by atoms with Crippen molar-refractivity contribution in [3.63, 3.8) is 0 Å². The normalized spacial score (nSPS) is 12.6. The molecule has 0 aromatic carbocycles. The van der Waals surface area contributed by atoms with E-state index >= 15 is 0 Å². The Bertz CT molecular complexity index is 765. The number of rotatable bonds is 5. The molecule has 0 fully saturated rings. The van der Waals surface area contributed by atoms with Crippen molar-refractivity contribution in [1.82, 2.24) is 25.1 Å². The Morgan fingerprint density at radius 3 is 2.52 bits per heavy atom. The van der Waals surface area contributed by atoms with E-state index in [1.54, 1.807) is 0 Å². The first-order chi connectivity index (χ1) is 11.7. The minimum Gasteiger partial charge on any atom is -0.351 e. The van der Waals surface area contributed by atoms with Crippen molar-refractivity contribution in [3.8, 4) is 11.4 Å². The molecule has 0 aliphatic carbocycles. The van der Waals surface area contributed by atoms with Crippen LogP contribution in [0.25, 0.3) is 11.4 Å². The SMILES string of the molecule is C[C@H](Sc1nnc(-c2ccncc2)n1CC(F)(F)F)C(=O)NC(N)=O.